The van der Waals surface area contributed by atoms with E-state index in [0.29, 0.717) is 18.1 Å². The molecule has 3 fully saturated rings. The molecule has 1 amide bonds. The highest BCUT2D eigenvalue weighted by atomic mass is 32.1. The van der Waals surface area contributed by atoms with Gasteiger partial charge in [-0.05, 0) is 94.4 Å². The number of aryl methyl sites for hydroxylation is 2. The lowest BCUT2D eigenvalue weighted by molar-refractivity contribution is 0.0611. The number of imidazole rings is 1. The first-order valence-electron chi connectivity index (χ1n) is 16.0. The summed E-state index contributed by atoms with van der Waals surface area (Å²) in [5.74, 6) is 1.32. The second-order valence-electron chi connectivity index (χ2n) is 12.8. The van der Waals surface area contributed by atoms with Crippen molar-refractivity contribution in [1.82, 2.24) is 24.3 Å². The van der Waals surface area contributed by atoms with Crippen LogP contribution in [0.15, 0.2) is 60.8 Å². The van der Waals surface area contributed by atoms with E-state index in [0.717, 1.165) is 73.0 Å². The number of amides is 1. The van der Waals surface area contributed by atoms with E-state index in [2.05, 4.69) is 87.8 Å². The zero-order chi connectivity index (χ0) is 28.7. The van der Waals surface area contributed by atoms with Gasteiger partial charge in [0, 0.05) is 31.2 Å². The molecule has 0 spiro atoms. The molecule has 0 aliphatic carbocycles. The summed E-state index contributed by atoms with van der Waals surface area (Å²) in [4.78, 5) is 28.5. The highest BCUT2D eigenvalue weighted by molar-refractivity contribution is 7.13. The molecule has 7 rings (SSSR count). The van der Waals surface area contributed by atoms with Crippen molar-refractivity contribution in [3.63, 3.8) is 0 Å². The Morgan fingerprint density at radius 1 is 0.976 bits per heavy atom. The second kappa shape index (κ2) is 11.6. The summed E-state index contributed by atoms with van der Waals surface area (Å²) in [5, 5.41) is 1.08. The Kier molecular flexibility index (Phi) is 7.65. The zero-order valence-corrected chi connectivity index (χ0v) is 25.9. The van der Waals surface area contributed by atoms with Crippen molar-refractivity contribution < 1.29 is 4.79 Å². The minimum absolute atomic E-state index is 0.118. The Morgan fingerprint density at radius 2 is 1.69 bits per heavy atom. The van der Waals surface area contributed by atoms with Crippen LogP contribution in [-0.2, 0) is 11.8 Å². The maximum absolute atomic E-state index is 13.4. The van der Waals surface area contributed by atoms with E-state index < -0.39 is 0 Å². The van der Waals surface area contributed by atoms with Crippen LogP contribution in [0.5, 0.6) is 0 Å². The summed E-state index contributed by atoms with van der Waals surface area (Å²) >= 11 is 1.58. The van der Waals surface area contributed by atoms with Gasteiger partial charge in [-0.2, -0.15) is 0 Å². The minimum atomic E-state index is 0.118. The van der Waals surface area contributed by atoms with Gasteiger partial charge in [0.2, 0.25) is 0 Å². The fourth-order valence-electron chi connectivity index (χ4n) is 8.30. The highest BCUT2D eigenvalue weighted by Crippen LogP contribution is 2.45. The van der Waals surface area contributed by atoms with Crippen LogP contribution in [0.1, 0.15) is 90.4 Å². The molecule has 5 heterocycles. The fraction of sp³-hybridized carbons (Fsp3) is 0.514. The first-order chi connectivity index (χ1) is 20.5. The molecular formula is C35H43N5OS. The number of benzene rings is 2. The lowest BCUT2D eigenvalue weighted by Crippen LogP contribution is -2.49. The third-order valence-electron chi connectivity index (χ3n) is 10.5. The Hall–Kier alpha value is -3.03. The summed E-state index contributed by atoms with van der Waals surface area (Å²) in [6.07, 6.45) is 12.1. The van der Waals surface area contributed by atoms with Crippen molar-refractivity contribution in [2.45, 2.75) is 95.2 Å². The Morgan fingerprint density at radius 3 is 2.43 bits per heavy atom. The predicted molar refractivity (Wildman–Crippen MR) is 170 cm³/mol. The summed E-state index contributed by atoms with van der Waals surface area (Å²) in [5.41, 5.74) is 3.98. The Balaban J connectivity index is 1.05. The van der Waals surface area contributed by atoms with Gasteiger partial charge in [0.05, 0.1) is 22.2 Å². The number of hydrogen-bond donors (Lipinski definition) is 0. The normalized spacial score (nSPS) is 24.0. The topological polar surface area (TPSA) is 54.3 Å². The van der Waals surface area contributed by atoms with Gasteiger partial charge in [0.25, 0.3) is 5.91 Å². The number of fused-ring (bicyclic) bond motifs is 3. The van der Waals surface area contributed by atoms with Crippen molar-refractivity contribution >= 4 is 28.3 Å². The zero-order valence-electron chi connectivity index (χ0n) is 25.0. The van der Waals surface area contributed by atoms with Crippen molar-refractivity contribution in [2.75, 3.05) is 19.6 Å². The Labute approximate surface area is 253 Å². The van der Waals surface area contributed by atoms with Gasteiger partial charge < -0.3 is 9.47 Å². The van der Waals surface area contributed by atoms with Gasteiger partial charge in [-0.25, -0.2) is 9.97 Å². The van der Waals surface area contributed by atoms with Crippen LogP contribution in [0.3, 0.4) is 0 Å². The maximum atomic E-state index is 13.4. The third kappa shape index (κ3) is 5.09. The lowest BCUT2D eigenvalue weighted by atomic mass is 9.70. The first-order valence-corrected chi connectivity index (χ1v) is 16.8. The van der Waals surface area contributed by atoms with Gasteiger partial charge in [-0.1, -0.05) is 49.4 Å². The molecule has 0 radical (unpaired) electrons. The molecule has 3 aliphatic rings. The molecule has 7 heteroatoms. The van der Waals surface area contributed by atoms with Gasteiger partial charge in [0.15, 0.2) is 0 Å². The molecule has 4 aromatic rings. The van der Waals surface area contributed by atoms with E-state index in [4.69, 9.17) is 4.98 Å². The highest BCUT2D eigenvalue weighted by Gasteiger charge is 2.44. The average Bonchev–Trinajstić information content (AvgIpc) is 3.69. The van der Waals surface area contributed by atoms with Gasteiger partial charge in [0.1, 0.15) is 10.7 Å². The summed E-state index contributed by atoms with van der Waals surface area (Å²) in [6.45, 7) is 7.11. The molecule has 2 aromatic carbocycles. The van der Waals surface area contributed by atoms with Crippen LogP contribution in [0, 0.1) is 6.92 Å². The molecule has 3 saturated heterocycles. The van der Waals surface area contributed by atoms with Crippen LogP contribution in [0.2, 0.25) is 0 Å². The number of likely N-dealkylation sites (tertiary alicyclic amines) is 1. The van der Waals surface area contributed by atoms with Crippen LogP contribution in [-0.4, -0.2) is 62.0 Å². The van der Waals surface area contributed by atoms with E-state index in [9.17, 15) is 4.79 Å². The molecule has 42 heavy (non-hydrogen) atoms. The van der Waals surface area contributed by atoms with Gasteiger partial charge >= 0.3 is 0 Å². The van der Waals surface area contributed by atoms with E-state index in [-0.39, 0.29) is 11.3 Å². The smallest absolute Gasteiger partial charge is 0.265 e. The largest absolute Gasteiger partial charge is 0.338 e. The SMILES string of the molecule is CCCc1ncc(C(=O)N2CCC(CCN3[C@@H]4CC[C@H]3CC(n3c(C)nc5ccccc53)C4)(c3ccccc3)CC2)s1. The number of carbonyl (C=O) groups excluding carboxylic acids is 1. The first kappa shape index (κ1) is 27.8. The van der Waals surface area contributed by atoms with Gasteiger partial charge in [-0.3, -0.25) is 9.69 Å². The molecule has 6 nitrogen and oxygen atoms in total. The summed E-state index contributed by atoms with van der Waals surface area (Å²) in [6, 6.07) is 21.6. The number of para-hydroxylation sites is 2. The van der Waals surface area contributed by atoms with Crippen LogP contribution in [0.25, 0.3) is 11.0 Å². The third-order valence-corrected chi connectivity index (χ3v) is 11.5. The molecule has 0 N–H and O–H groups in total. The standard InChI is InChI=1S/C35H43N5OS/c1-3-9-33-36-24-32(42-33)34(41)38-19-16-35(17-20-38,26-10-5-4-6-11-26)18-21-39-27-14-15-28(39)23-29(22-27)40-25(2)37-30-12-7-8-13-31(30)40/h4-8,10-13,24,27-29H,3,9,14-23H2,1-2H3/t27-,28+,29?. The van der Waals surface area contributed by atoms with Crippen molar-refractivity contribution in [2.24, 2.45) is 0 Å². The predicted octanol–water partition coefficient (Wildman–Crippen LogP) is 7.19. The summed E-state index contributed by atoms with van der Waals surface area (Å²) in [7, 11) is 0. The molecular weight excluding hydrogens is 538 g/mol. The van der Waals surface area contributed by atoms with Crippen LogP contribution >= 0.6 is 11.3 Å². The number of hydrogen-bond acceptors (Lipinski definition) is 5. The van der Waals surface area contributed by atoms with Crippen LogP contribution in [0.4, 0.5) is 0 Å². The fourth-order valence-corrected chi connectivity index (χ4v) is 9.28. The van der Waals surface area contributed by atoms with Crippen molar-refractivity contribution in [3.8, 4) is 0 Å². The molecule has 1 unspecified atom stereocenters. The number of piperidine rings is 2. The summed E-state index contributed by atoms with van der Waals surface area (Å²) < 4.78 is 2.53. The number of thiazole rings is 1. The van der Waals surface area contributed by atoms with Gasteiger partial charge in [-0.15, -0.1) is 11.3 Å². The number of nitrogens with zero attached hydrogens (tertiary/aromatic N) is 5. The van der Waals surface area contributed by atoms with E-state index in [1.54, 1.807) is 17.5 Å². The minimum Gasteiger partial charge on any atom is -0.338 e. The average molecular weight is 582 g/mol. The quantitative estimate of drug-likeness (QED) is 0.221. The lowest BCUT2D eigenvalue weighted by Gasteiger charge is -2.45. The van der Waals surface area contributed by atoms with Crippen molar-refractivity contribution in [1.29, 1.82) is 0 Å². The maximum Gasteiger partial charge on any atom is 0.265 e. The number of rotatable bonds is 8. The second-order valence-corrected chi connectivity index (χ2v) is 13.9. The molecule has 0 saturated carbocycles. The molecule has 3 aliphatic heterocycles. The Bertz CT molecular complexity index is 1520. The molecule has 2 bridgehead atoms. The van der Waals surface area contributed by atoms with Crippen LogP contribution < -0.4 is 0 Å². The van der Waals surface area contributed by atoms with Crippen molar-refractivity contribution in [3.05, 3.63) is 82.1 Å². The van der Waals surface area contributed by atoms with E-state index in [1.165, 1.54) is 36.8 Å². The number of aromatic nitrogens is 3. The number of carbonyl (C=O) groups is 1. The monoisotopic (exact) mass is 581 g/mol. The van der Waals surface area contributed by atoms with E-state index >= 15 is 0 Å². The molecule has 220 valence electrons. The molecule has 2 aromatic heterocycles. The van der Waals surface area contributed by atoms with E-state index in [1.807, 2.05) is 0 Å². The molecule has 3 atom stereocenters.